The average Bonchev–Trinajstić information content (AvgIpc) is 2.72. The highest BCUT2D eigenvalue weighted by molar-refractivity contribution is 6.10. The molecule has 1 aliphatic rings. The molecule has 1 aliphatic carbocycles. The van der Waals surface area contributed by atoms with Crippen LogP contribution >= 0.6 is 0 Å². The third kappa shape index (κ3) is 4.34. The Bertz CT molecular complexity index is 944. The number of allylic oxidation sites excluding steroid dienone is 2. The summed E-state index contributed by atoms with van der Waals surface area (Å²) >= 11 is 0. The SMILES string of the molecule is CCOC(=O)[C@H]1C(=O)C=C(c2cccc(C)c2)C[C@@H]1c1ccc(OC)c(OC)c1. The number of hydrogen-bond donors (Lipinski definition) is 0. The van der Waals surface area contributed by atoms with Crippen molar-refractivity contribution in [1.29, 1.82) is 0 Å². The zero-order valence-electron chi connectivity index (χ0n) is 17.2. The summed E-state index contributed by atoms with van der Waals surface area (Å²) in [6.07, 6.45) is 2.14. The van der Waals surface area contributed by atoms with Gasteiger partial charge in [-0.2, -0.15) is 0 Å². The summed E-state index contributed by atoms with van der Waals surface area (Å²) in [6.45, 7) is 3.99. The van der Waals surface area contributed by atoms with Crippen molar-refractivity contribution >= 4 is 17.3 Å². The standard InChI is InChI=1S/C24H26O5/c1-5-29-24(26)23-19(17-9-10-21(27-3)22(14-17)28-4)12-18(13-20(23)25)16-8-6-7-15(2)11-16/h6-11,13-14,19,23H,5,12H2,1-4H3/t19-,23-/m1/s1. The van der Waals surface area contributed by atoms with Gasteiger partial charge in [0.05, 0.1) is 20.8 Å². The third-order valence-electron chi connectivity index (χ3n) is 5.23. The van der Waals surface area contributed by atoms with Crippen LogP contribution in [-0.4, -0.2) is 32.6 Å². The molecule has 0 unspecified atom stereocenters. The number of hydrogen-bond acceptors (Lipinski definition) is 5. The molecule has 0 amide bonds. The highest BCUT2D eigenvalue weighted by Crippen LogP contribution is 2.42. The zero-order chi connectivity index (χ0) is 21.0. The van der Waals surface area contributed by atoms with Gasteiger partial charge in [0.15, 0.2) is 17.3 Å². The van der Waals surface area contributed by atoms with Gasteiger partial charge in [0, 0.05) is 5.92 Å². The number of aryl methyl sites for hydroxylation is 1. The minimum Gasteiger partial charge on any atom is -0.493 e. The molecule has 0 aliphatic heterocycles. The lowest BCUT2D eigenvalue weighted by molar-refractivity contribution is -0.151. The molecular weight excluding hydrogens is 368 g/mol. The first-order valence-electron chi connectivity index (χ1n) is 9.68. The van der Waals surface area contributed by atoms with E-state index in [0.717, 1.165) is 22.3 Å². The fourth-order valence-corrected chi connectivity index (χ4v) is 3.83. The maximum atomic E-state index is 13.0. The van der Waals surface area contributed by atoms with E-state index < -0.39 is 11.9 Å². The second-order valence-corrected chi connectivity index (χ2v) is 7.10. The van der Waals surface area contributed by atoms with E-state index >= 15 is 0 Å². The summed E-state index contributed by atoms with van der Waals surface area (Å²) in [4.78, 5) is 25.6. The van der Waals surface area contributed by atoms with Gasteiger partial charge in [-0.05, 0) is 55.2 Å². The molecule has 2 aromatic rings. The number of ether oxygens (including phenoxy) is 3. The van der Waals surface area contributed by atoms with Crippen LogP contribution in [0.1, 0.15) is 36.0 Å². The summed E-state index contributed by atoms with van der Waals surface area (Å²) < 4.78 is 16.0. The summed E-state index contributed by atoms with van der Waals surface area (Å²) in [5, 5.41) is 0. The van der Waals surface area contributed by atoms with Crippen LogP contribution in [-0.2, 0) is 14.3 Å². The number of benzene rings is 2. The Morgan fingerprint density at radius 1 is 1.07 bits per heavy atom. The Hall–Kier alpha value is -3.08. The van der Waals surface area contributed by atoms with Gasteiger partial charge in [-0.15, -0.1) is 0 Å². The van der Waals surface area contributed by atoms with E-state index in [-0.39, 0.29) is 18.3 Å². The maximum Gasteiger partial charge on any atom is 0.317 e. The molecule has 0 saturated heterocycles. The second-order valence-electron chi connectivity index (χ2n) is 7.10. The van der Waals surface area contributed by atoms with Gasteiger partial charge in [-0.25, -0.2) is 0 Å². The van der Waals surface area contributed by atoms with Crippen molar-refractivity contribution < 1.29 is 23.8 Å². The predicted molar refractivity (Wildman–Crippen MR) is 111 cm³/mol. The molecule has 0 fully saturated rings. The van der Waals surface area contributed by atoms with Crippen molar-refractivity contribution in [3.05, 3.63) is 65.2 Å². The van der Waals surface area contributed by atoms with Crippen molar-refractivity contribution in [2.45, 2.75) is 26.2 Å². The van der Waals surface area contributed by atoms with Gasteiger partial charge < -0.3 is 14.2 Å². The first-order chi connectivity index (χ1) is 14.0. The van der Waals surface area contributed by atoms with Crippen molar-refractivity contribution in [3.8, 4) is 11.5 Å². The Labute approximate surface area is 171 Å². The Morgan fingerprint density at radius 3 is 2.48 bits per heavy atom. The molecule has 2 aromatic carbocycles. The van der Waals surface area contributed by atoms with Crippen LogP contribution in [0.2, 0.25) is 0 Å². The van der Waals surface area contributed by atoms with Crippen LogP contribution < -0.4 is 9.47 Å². The summed E-state index contributed by atoms with van der Waals surface area (Å²) in [5.74, 6) is -0.779. The highest BCUT2D eigenvalue weighted by atomic mass is 16.5. The number of methoxy groups -OCH3 is 2. The van der Waals surface area contributed by atoms with Crippen LogP contribution in [0.4, 0.5) is 0 Å². The van der Waals surface area contributed by atoms with E-state index in [1.807, 2.05) is 37.3 Å². The topological polar surface area (TPSA) is 61.8 Å². The predicted octanol–water partition coefficient (Wildman–Crippen LogP) is 4.33. The largest absolute Gasteiger partial charge is 0.493 e. The van der Waals surface area contributed by atoms with Crippen LogP contribution in [0.5, 0.6) is 11.5 Å². The normalized spacial score (nSPS) is 18.8. The van der Waals surface area contributed by atoms with Crippen LogP contribution in [0, 0.1) is 12.8 Å². The molecule has 0 heterocycles. The monoisotopic (exact) mass is 394 g/mol. The summed E-state index contributed by atoms with van der Waals surface area (Å²) in [7, 11) is 3.14. The first kappa shape index (κ1) is 20.6. The van der Waals surface area contributed by atoms with Gasteiger partial charge in [-0.1, -0.05) is 35.9 Å². The van der Waals surface area contributed by atoms with E-state index in [2.05, 4.69) is 6.07 Å². The van der Waals surface area contributed by atoms with Gasteiger partial charge in [0.1, 0.15) is 5.92 Å². The van der Waals surface area contributed by atoms with Crippen LogP contribution in [0.25, 0.3) is 5.57 Å². The average molecular weight is 394 g/mol. The molecule has 0 radical (unpaired) electrons. The molecule has 0 aromatic heterocycles. The minimum atomic E-state index is -0.874. The highest BCUT2D eigenvalue weighted by Gasteiger charge is 2.40. The van der Waals surface area contributed by atoms with Crippen molar-refractivity contribution in [2.75, 3.05) is 20.8 Å². The molecule has 0 bridgehead atoms. The number of ketones is 1. The fraction of sp³-hybridized carbons (Fsp3) is 0.333. The lowest BCUT2D eigenvalue weighted by Crippen LogP contribution is -2.34. The smallest absolute Gasteiger partial charge is 0.317 e. The van der Waals surface area contributed by atoms with E-state index in [1.54, 1.807) is 33.3 Å². The van der Waals surface area contributed by atoms with E-state index in [1.165, 1.54) is 0 Å². The molecule has 5 nitrogen and oxygen atoms in total. The Morgan fingerprint density at radius 2 is 1.83 bits per heavy atom. The lowest BCUT2D eigenvalue weighted by atomic mass is 9.73. The van der Waals surface area contributed by atoms with Gasteiger partial charge >= 0.3 is 5.97 Å². The second kappa shape index (κ2) is 8.95. The molecule has 0 saturated carbocycles. The quantitative estimate of drug-likeness (QED) is 0.539. The number of carbonyl (C=O) groups is 2. The Kier molecular flexibility index (Phi) is 6.37. The van der Waals surface area contributed by atoms with E-state index in [4.69, 9.17) is 14.2 Å². The molecule has 0 N–H and O–H groups in total. The summed E-state index contributed by atoms with van der Waals surface area (Å²) in [5.41, 5.74) is 3.86. The van der Waals surface area contributed by atoms with Crippen LogP contribution in [0.15, 0.2) is 48.5 Å². The molecular formula is C24H26O5. The Balaban J connectivity index is 2.06. The van der Waals surface area contributed by atoms with E-state index in [9.17, 15) is 9.59 Å². The van der Waals surface area contributed by atoms with Gasteiger partial charge in [-0.3, -0.25) is 9.59 Å². The van der Waals surface area contributed by atoms with Crippen LogP contribution in [0.3, 0.4) is 0 Å². The van der Waals surface area contributed by atoms with Crippen molar-refractivity contribution in [3.63, 3.8) is 0 Å². The molecule has 152 valence electrons. The maximum absolute atomic E-state index is 13.0. The minimum absolute atomic E-state index is 0.231. The number of esters is 1. The van der Waals surface area contributed by atoms with Gasteiger partial charge in [0.25, 0.3) is 0 Å². The molecule has 3 rings (SSSR count). The van der Waals surface area contributed by atoms with Crippen molar-refractivity contribution in [1.82, 2.24) is 0 Å². The number of rotatable bonds is 6. The summed E-state index contributed by atoms with van der Waals surface area (Å²) in [6, 6.07) is 13.5. The third-order valence-corrected chi connectivity index (χ3v) is 5.23. The zero-order valence-corrected chi connectivity index (χ0v) is 17.2. The number of carbonyl (C=O) groups excluding carboxylic acids is 2. The van der Waals surface area contributed by atoms with Crippen molar-refractivity contribution in [2.24, 2.45) is 5.92 Å². The van der Waals surface area contributed by atoms with E-state index in [0.29, 0.717) is 17.9 Å². The molecule has 2 atom stereocenters. The van der Waals surface area contributed by atoms with Gasteiger partial charge in [0.2, 0.25) is 0 Å². The molecule has 29 heavy (non-hydrogen) atoms. The fourth-order valence-electron chi connectivity index (χ4n) is 3.83. The first-order valence-corrected chi connectivity index (χ1v) is 9.68. The molecule has 0 spiro atoms. The lowest BCUT2D eigenvalue weighted by Gasteiger charge is -2.30. The molecule has 5 heteroatoms.